The Balaban J connectivity index is 1.69. The molecule has 0 radical (unpaired) electrons. The Bertz CT molecular complexity index is 241. The van der Waals surface area contributed by atoms with Crippen LogP contribution in [-0.4, -0.2) is 50.8 Å². The molecule has 0 aromatic heterocycles. The number of nitrogens with one attached hydrogen (secondary N) is 1. The molecule has 0 bridgehead atoms. The largest absolute Gasteiger partial charge is 0.381 e. The van der Waals surface area contributed by atoms with E-state index < -0.39 is 0 Å². The lowest BCUT2D eigenvalue weighted by Crippen LogP contribution is -2.40. The Morgan fingerprint density at radius 1 is 1.16 bits per heavy atom. The Hall–Kier alpha value is -0.120. The fourth-order valence-corrected chi connectivity index (χ4v) is 3.72. The maximum absolute atomic E-state index is 5.59. The summed E-state index contributed by atoms with van der Waals surface area (Å²) < 4.78 is 5.59. The second-order valence-corrected chi connectivity index (χ2v) is 6.56. The third-order valence-electron chi connectivity index (χ3n) is 4.69. The van der Waals surface area contributed by atoms with Gasteiger partial charge in [0.05, 0.1) is 6.61 Å². The van der Waals surface area contributed by atoms with E-state index in [2.05, 4.69) is 24.2 Å². The average Bonchev–Trinajstić information content (AvgIpc) is 2.84. The smallest absolute Gasteiger partial charge is 0.0506 e. The van der Waals surface area contributed by atoms with Gasteiger partial charge >= 0.3 is 0 Å². The van der Waals surface area contributed by atoms with Crippen molar-refractivity contribution < 1.29 is 4.74 Å². The predicted octanol–water partition coefficient (Wildman–Crippen LogP) is 2.51. The first kappa shape index (κ1) is 15.3. The van der Waals surface area contributed by atoms with Crippen LogP contribution in [0.1, 0.15) is 45.4 Å². The minimum atomic E-state index is 0.766. The van der Waals surface area contributed by atoms with E-state index >= 15 is 0 Å². The van der Waals surface area contributed by atoms with Gasteiger partial charge in [-0.15, -0.1) is 0 Å². The Kier molecular flexibility index (Phi) is 6.62. The van der Waals surface area contributed by atoms with Crippen LogP contribution >= 0.6 is 0 Å². The van der Waals surface area contributed by atoms with Gasteiger partial charge < -0.3 is 15.0 Å². The molecule has 19 heavy (non-hydrogen) atoms. The molecular formula is C16H32N2O. The van der Waals surface area contributed by atoms with E-state index in [9.17, 15) is 0 Å². The minimum Gasteiger partial charge on any atom is -0.381 e. The highest BCUT2D eigenvalue weighted by molar-refractivity contribution is 4.85. The highest BCUT2D eigenvalue weighted by atomic mass is 16.5. The van der Waals surface area contributed by atoms with E-state index in [0.717, 1.165) is 31.1 Å². The molecule has 3 unspecified atom stereocenters. The molecule has 1 aliphatic heterocycles. The topological polar surface area (TPSA) is 24.5 Å². The van der Waals surface area contributed by atoms with Gasteiger partial charge in [0.15, 0.2) is 0 Å². The van der Waals surface area contributed by atoms with Crippen molar-refractivity contribution in [1.82, 2.24) is 10.2 Å². The van der Waals surface area contributed by atoms with Crippen LogP contribution in [0.15, 0.2) is 0 Å². The fraction of sp³-hybridized carbons (Fsp3) is 1.00. The third-order valence-corrected chi connectivity index (χ3v) is 4.69. The van der Waals surface area contributed by atoms with E-state index in [1.807, 2.05) is 0 Å². The zero-order valence-electron chi connectivity index (χ0n) is 12.9. The monoisotopic (exact) mass is 268 g/mol. The molecule has 2 rings (SSSR count). The summed E-state index contributed by atoms with van der Waals surface area (Å²) in [4.78, 5) is 2.55. The zero-order chi connectivity index (χ0) is 13.5. The van der Waals surface area contributed by atoms with Crippen molar-refractivity contribution in [2.75, 3.05) is 39.9 Å². The highest BCUT2D eigenvalue weighted by Crippen LogP contribution is 2.27. The lowest BCUT2D eigenvalue weighted by Gasteiger charge is -2.30. The zero-order valence-corrected chi connectivity index (χ0v) is 12.9. The van der Waals surface area contributed by atoms with E-state index in [0.29, 0.717) is 0 Å². The van der Waals surface area contributed by atoms with Crippen LogP contribution in [0.5, 0.6) is 0 Å². The third kappa shape index (κ3) is 5.05. The quantitative estimate of drug-likeness (QED) is 0.768. The van der Waals surface area contributed by atoms with Crippen LogP contribution in [-0.2, 0) is 4.74 Å². The van der Waals surface area contributed by atoms with Crippen molar-refractivity contribution >= 4 is 0 Å². The standard InChI is InChI=1S/C16H32N2O/c1-3-9-17-16-8-4-7-15(16)12-18(2)11-14-6-5-10-19-13-14/h14-17H,3-13H2,1-2H3. The Labute approximate surface area is 119 Å². The van der Waals surface area contributed by atoms with Crippen molar-refractivity contribution in [2.45, 2.75) is 51.5 Å². The lowest BCUT2D eigenvalue weighted by atomic mass is 9.99. The van der Waals surface area contributed by atoms with Crippen LogP contribution in [0.4, 0.5) is 0 Å². The molecule has 3 heteroatoms. The fourth-order valence-electron chi connectivity index (χ4n) is 3.72. The molecule has 0 amide bonds. The summed E-state index contributed by atoms with van der Waals surface area (Å²) in [6.45, 7) is 7.88. The summed E-state index contributed by atoms with van der Waals surface area (Å²) in [5.74, 6) is 1.63. The first-order chi connectivity index (χ1) is 9.29. The summed E-state index contributed by atoms with van der Waals surface area (Å²) in [5.41, 5.74) is 0. The molecule has 1 heterocycles. The van der Waals surface area contributed by atoms with Gasteiger partial charge in [-0.1, -0.05) is 13.3 Å². The maximum atomic E-state index is 5.59. The first-order valence-corrected chi connectivity index (χ1v) is 8.29. The summed E-state index contributed by atoms with van der Waals surface area (Å²) in [6.07, 6.45) is 8.05. The Morgan fingerprint density at radius 2 is 2.05 bits per heavy atom. The summed E-state index contributed by atoms with van der Waals surface area (Å²) in [5, 5.41) is 3.74. The summed E-state index contributed by atoms with van der Waals surface area (Å²) in [6, 6.07) is 0.769. The van der Waals surface area contributed by atoms with Crippen LogP contribution in [0.3, 0.4) is 0 Å². The number of rotatable bonds is 7. The van der Waals surface area contributed by atoms with E-state index in [1.54, 1.807) is 0 Å². The van der Waals surface area contributed by atoms with Crippen molar-refractivity contribution in [1.29, 1.82) is 0 Å². The average molecular weight is 268 g/mol. The molecule has 3 nitrogen and oxygen atoms in total. The maximum Gasteiger partial charge on any atom is 0.0506 e. The second kappa shape index (κ2) is 8.23. The van der Waals surface area contributed by atoms with Crippen LogP contribution in [0.2, 0.25) is 0 Å². The van der Waals surface area contributed by atoms with E-state index in [1.165, 1.54) is 58.2 Å². The second-order valence-electron chi connectivity index (χ2n) is 6.56. The first-order valence-electron chi connectivity index (χ1n) is 8.29. The summed E-state index contributed by atoms with van der Waals surface area (Å²) >= 11 is 0. The van der Waals surface area contributed by atoms with Crippen molar-refractivity contribution in [3.05, 3.63) is 0 Å². The lowest BCUT2D eigenvalue weighted by molar-refractivity contribution is 0.0398. The molecule has 1 saturated carbocycles. The molecule has 0 aromatic rings. The molecule has 112 valence electrons. The number of hydrogen-bond acceptors (Lipinski definition) is 3. The molecular weight excluding hydrogens is 236 g/mol. The van der Waals surface area contributed by atoms with Crippen molar-refractivity contribution in [3.63, 3.8) is 0 Å². The molecule has 2 fully saturated rings. The van der Waals surface area contributed by atoms with Gasteiger partial charge in [-0.05, 0) is 57.5 Å². The number of hydrogen-bond donors (Lipinski definition) is 1. The van der Waals surface area contributed by atoms with E-state index in [4.69, 9.17) is 4.74 Å². The number of nitrogens with zero attached hydrogens (tertiary/aromatic N) is 1. The van der Waals surface area contributed by atoms with Gasteiger partial charge in [-0.25, -0.2) is 0 Å². The predicted molar refractivity (Wildman–Crippen MR) is 80.5 cm³/mol. The molecule has 1 aliphatic carbocycles. The highest BCUT2D eigenvalue weighted by Gasteiger charge is 2.28. The molecule has 2 aliphatic rings. The van der Waals surface area contributed by atoms with Crippen molar-refractivity contribution in [2.24, 2.45) is 11.8 Å². The molecule has 1 N–H and O–H groups in total. The van der Waals surface area contributed by atoms with Crippen LogP contribution < -0.4 is 5.32 Å². The van der Waals surface area contributed by atoms with Gasteiger partial charge in [-0.2, -0.15) is 0 Å². The van der Waals surface area contributed by atoms with Gasteiger partial charge in [-0.3, -0.25) is 0 Å². The molecule has 1 saturated heterocycles. The van der Waals surface area contributed by atoms with Crippen LogP contribution in [0.25, 0.3) is 0 Å². The number of ether oxygens (including phenoxy) is 1. The Morgan fingerprint density at radius 3 is 2.79 bits per heavy atom. The van der Waals surface area contributed by atoms with Gasteiger partial charge in [0.25, 0.3) is 0 Å². The van der Waals surface area contributed by atoms with E-state index in [-0.39, 0.29) is 0 Å². The minimum absolute atomic E-state index is 0.766. The summed E-state index contributed by atoms with van der Waals surface area (Å²) in [7, 11) is 2.30. The molecule has 3 atom stereocenters. The normalized spacial score (nSPS) is 32.1. The SMILES string of the molecule is CCCNC1CCCC1CN(C)CC1CCCOC1. The van der Waals surface area contributed by atoms with Crippen LogP contribution in [0, 0.1) is 11.8 Å². The van der Waals surface area contributed by atoms with Crippen molar-refractivity contribution in [3.8, 4) is 0 Å². The molecule has 0 aromatic carbocycles. The van der Waals surface area contributed by atoms with Gasteiger partial charge in [0.1, 0.15) is 0 Å². The van der Waals surface area contributed by atoms with Gasteiger partial charge in [0, 0.05) is 25.7 Å². The van der Waals surface area contributed by atoms with Gasteiger partial charge in [0.2, 0.25) is 0 Å². The molecule has 0 spiro atoms.